The highest BCUT2D eigenvalue weighted by atomic mass is 32.2. The van der Waals surface area contributed by atoms with Gasteiger partial charge in [-0.3, -0.25) is 9.59 Å². The van der Waals surface area contributed by atoms with Crippen LogP contribution in [0.5, 0.6) is 0 Å². The molecule has 2 rings (SSSR count). The molecule has 144 valence electrons. The van der Waals surface area contributed by atoms with Gasteiger partial charge in [-0.15, -0.1) is 0 Å². The van der Waals surface area contributed by atoms with Crippen molar-refractivity contribution < 1.29 is 27.5 Å². The highest BCUT2D eigenvalue weighted by molar-refractivity contribution is 7.89. The maximum Gasteiger partial charge on any atom is 0.320 e. The molecule has 8 nitrogen and oxygen atoms in total. The van der Waals surface area contributed by atoms with E-state index in [1.54, 1.807) is 31.4 Å². The third-order valence-electron chi connectivity index (χ3n) is 3.58. The number of carbonyl (C=O) groups excluding carboxylic acids is 2. The van der Waals surface area contributed by atoms with Crippen molar-refractivity contribution in [3.63, 3.8) is 0 Å². The molecule has 0 bridgehead atoms. The van der Waals surface area contributed by atoms with Gasteiger partial charge in [-0.05, 0) is 42.0 Å². The van der Waals surface area contributed by atoms with E-state index in [0.29, 0.717) is 17.9 Å². The Morgan fingerprint density at radius 3 is 2.15 bits per heavy atom. The van der Waals surface area contributed by atoms with Crippen molar-refractivity contribution in [1.29, 1.82) is 0 Å². The number of ether oxygens (including phenoxy) is 2. The lowest BCUT2D eigenvalue weighted by molar-refractivity contribution is -0.139. The van der Waals surface area contributed by atoms with Crippen LogP contribution in [0.1, 0.15) is 15.9 Å². The Kier molecular flexibility index (Phi) is 7.05. The molecule has 0 atom stereocenters. The van der Waals surface area contributed by atoms with Gasteiger partial charge in [0.25, 0.3) is 5.91 Å². The van der Waals surface area contributed by atoms with Crippen LogP contribution in [0.25, 0.3) is 0 Å². The number of benzene rings is 2. The van der Waals surface area contributed by atoms with E-state index in [4.69, 9.17) is 4.74 Å². The largest absolute Gasteiger partial charge is 0.468 e. The van der Waals surface area contributed by atoms with Crippen molar-refractivity contribution in [2.24, 2.45) is 0 Å². The molecule has 0 unspecified atom stereocenters. The maximum absolute atomic E-state index is 12.3. The van der Waals surface area contributed by atoms with Crippen molar-refractivity contribution >= 4 is 27.6 Å². The molecule has 0 aromatic heterocycles. The molecule has 0 heterocycles. The molecular formula is C18H20N2O6S. The van der Waals surface area contributed by atoms with E-state index in [2.05, 4.69) is 14.8 Å². The number of rotatable bonds is 8. The first-order chi connectivity index (χ1) is 12.9. The summed E-state index contributed by atoms with van der Waals surface area (Å²) < 4.78 is 35.7. The van der Waals surface area contributed by atoms with E-state index in [1.807, 2.05) is 0 Å². The number of carbonyl (C=O) groups is 2. The summed E-state index contributed by atoms with van der Waals surface area (Å²) in [7, 11) is -1.09. The quantitative estimate of drug-likeness (QED) is 0.659. The van der Waals surface area contributed by atoms with E-state index in [-0.39, 0.29) is 10.8 Å². The minimum Gasteiger partial charge on any atom is -0.468 e. The van der Waals surface area contributed by atoms with Crippen LogP contribution in [0.15, 0.2) is 53.4 Å². The first-order valence-electron chi connectivity index (χ1n) is 7.91. The molecule has 0 aliphatic carbocycles. The van der Waals surface area contributed by atoms with Crippen LogP contribution in [-0.2, 0) is 30.9 Å². The molecule has 0 spiro atoms. The predicted molar refractivity (Wildman–Crippen MR) is 98.8 cm³/mol. The van der Waals surface area contributed by atoms with Gasteiger partial charge in [0.05, 0.1) is 18.6 Å². The van der Waals surface area contributed by atoms with Crippen LogP contribution in [-0.4, -0.2) is 41.1 Å². The van der Waals surface area contributed by atoms with Crippen molar-refractivity contribution in [2.45, 2.75) is 11.5 Å². The molecule has 0 saturated carbocycles. The molecule has 27 heavy (non-hydrogen) atoms. The first kappa shape index (κ1) is 20.6. The van der Waals surface area contributed by atoms with Crippen LogP contribution in [0.2, 0.25) is 0 Å². The minimum absolute atomic E-state index is 0.0340. The smallest absolute Gasteiger partial charge is 0.320 e. The van der Waals surface area contributed by atoms with Gasteiger partial charge < -0.3 is 14.8 Å². The summed E-state index contributed by atoms with van der Waals surface area (Å²) in [5.74, 6) is -1.02. The molecule has 2 aromatic carbocycles. The molecular weight excluding hydrogens is 372 g/mol. The summed E-state index contributed by atoms with van der Waals surface area (Å²) >= 11 is 0. The fraction of sp³-hybridized carbons (Fsp3) is 0.222. The van der Waals surface area contributed by atoms with E-state index >= 15 is 0 Å². The lowest BCUT2D eigenvalue weighted by Crippen LogP contribution is -2.30. The fourth-order valence-electron chi connectivity index (χ4n) is 2.15. The second-order valence-electron chi connectivity index (χ2n) is 5.51. The standard InChI is InChI=1S/C18H20N2O6S/c1-25-12-13-3-5-14(6-4-13)18(22)20-15-7-9-16(10-8-15)27(23,24)19-11-17(21)26-2/h3-10,19H,11-12H2,1-2H3,(H,20,22). The lowest BCUT2D eigenvalue weighted by atomic mass is 10.1. The van der Waals surface area contributed by atoms with Gasteiger partial charge >= 0.3 is 5.97 Å². The Bertz CT molecular complexity index is 892. The monoisotopic (exact) mass is 392 g/mol. The Hall–Kier alpha value is -2.75. The number of nitrogens with one attached hydrogen (secondary N) is 2. The van der Waals surface area contributed by atoms with Crippen LogP contribution < -0.4 is 10.0 Å². The Labute approximate surface area is 157 Å². The van der Waals surface area contributed by atoms with Gasteiger partial charge in [-0.1, -0.05) is 12.1 Å². The minimum atomic E-state index is -3.85. The van der Waals surface area contributed by atoms with Crippen molar-refractivity contribution in [2.75, 3.05) is 26.1 Å². The summed E-state index contributed by atoms with van der Waals surface area (Å²) in [6.45, 7) is -0.00175. The molecule has 0 saturated heterocycles. The van der Waals surface area contributed by atoms with Crippen LogP contribution >= 0.6 is 0 Å². The van der Waals surface area contributed by atoms with E-state index in [0.717, 1.165) is 5.56 Å². The Morgan fingerprint density at radius 2 is 1.59 bits per heavy atom. The van der Waals surface area contributed by atoms with Crippen molar-refractivity contribution in [1.82, 2.24) is 4.72 Å². The van der Waals surface area contributed by atoms with Crippen LogP contribution in [0, 0.1) is 0 Å². The highest BCUT2D eigenvalue weighted by Crippen LogP contribution is 2.15. The number of sulfonamides is 1. The summed E-state index contributed by atoms with van der Waals surface area (Å²) in [6.07, 6.45) is 0. The zero-order valence-corrected chi connectivity index (χ0v) is 15.7. The van der Waals surface area contributed by atoms with Crippen molar-refractivity contribution in [3.05, 3.63) is 59.7 Å². The SMILES string of the molecule is COCc1ccc(C(=O)Nc2ccc(S(=O)(=O)NCC(=O)OC)cc2)cc1. The highest BCUT2D eigenvalue weighted by Gasteiger charge is 2.16. The molecule has 0 aliphatic rings. The molecule has 1 amide bonds. The average Bonchev–Trinajstić information content (AvgIpc) is 2.67. The number of hydrogen-bond acceptors (Lipinski definition) is 6. The lowest BCUT2D eigenvalue weighted by Gasteiger charge is -2.08. The van der Waals surface area contributed by atoms with Gasteiger partial charge in [-0.25, -0.2) is 8.42 Å². The normalized spacial score (nSPS) is 11.0. The molecule has 9 heteroatoms. The predicted octanol–water partition coefficient (Wildman–Crippen LogP) is 1.54. The molecule has 2 N–H and O–H groups in total. The van der Waals surface area contributed by atoms with Crippen LogP contribution in [0.4, 0.5) is 5.69 Å². The number of hydrogen-bond donors (Lipinski definition) is 2. The van der Waals surface area contributed by atoms with E-state index in [1.165, 1.54) is 31.4 Å². The van der Waals surface area contributed by atoms with Gasteiger partial charge in [0.1, 0.15) is 6.54 Å². The van der Waals surface area contributed by atoms with Gasteiger partial charge in [-0.2, -0.15) is 4.72 Å². The Morgan fingerprint density at radius 1 is 0.963 bits per heavy atom. The first-order valence-corrected chi connectivity index (χ1v) is 9.40. The maximum atomic E-state index is 12.3. The van der Waals surface area contributed by atoms with E-state index in [9.17, 15) is 18.0 Å². The number of anilines is 1. The van der Waals surface area contributed by atoms with Gasteiger partial charge in [0, 0.05) is 18.4 Å². The zero-order valence-electron chi connectivity index (χ0n) is 14.9. The number of methoxy groups -OCH3 is 2. The Balaban J connectivity index is 2.02. The summed E-state index contributed by atoms with van der Waals surface area (Å²) in [6, 6.07) is 12.5. The molecule has 2 aromatic rings. The number of amides is 1. The van der Waals surface area contributed by atoms with Gasteiger partial charge in [0.15, 0.2) is 0 Å². The van der Waals surface area contributed by atoms with Crippen molar-refractivity contribution in [3.8, 4) is 0 Å². The average molecular weight is 392 g/mol. The summed E-state index contributed by atoms with van der Waals surface area (Å²) in [4.78, 5) is 23.3. The second kappa shape index (κ2) is 9.26. The second-order valence-corrected chi connectivity index (χ2v) is 7.28. The molecule has 0 radical (unpaired) electrons. The number of esters is 1. The van der Waals surface area contributed by atoms with Gasteiger partial charge in [0.2, 0.25) is 10.0 Å². The third-order valence-corrected chi connectivity index (χ3v) is 5.00. The van der Waals surface area contributed by atoms with E-state index < -0.39 is 22.5 Å². The zero-order chi connectivity index (χ0) is 19.9. The summed E-state index contributed by atoms with van der Waals surface area (Å²) in [5.41, 5.74) is 1.85. The summed E-state index contributed by atoms with van der Waals surface area (Å²) in [5, 5.41) is 2.69. The molecule has 0 aliphatic heterocycles. The topological polar surface area (TPSA) is 111 Å². The third kappa shape index (κ3) is 5.88. The molecule has 0 fully saturated rings. The van der Waals surface area contributed by atoms with Crippen LogP contribution in [0.3, 0.4) is 0 Å². The fourth-order valence-corrected chi connectivity index (χ4v) is 3.12.